The first kappa shape index (κ1) is 19.4. The number of anilines is 1. The minimum Gasteiger partial charge on any atom is -0.451 e. The number of aromatic nitrogens is 1. The van der Waals surface area contributed by atoms with Crippen LogP contribution in [0.2, 0.25) is 10.0 Å². The van der Waals surface area contributed by atoms with Crippen molar-refractivity contribution in [2.75, 3.05) is 5.32 Å². The summed E-state index contributed by atoms with van der Waals surface area (Å²) in [5, 5.41) is 4.10. The number of fused-ring (bicyclic) bond motifs is 1. The molecule has 3 aromatic carbocycles. The molecule has 5 nitrogen and oxygen atoms in total. The molecule has 31 heavy (non-hydrogen) atoms. The van der Waals surface area contributed by atoms with Gasteiger partial charge in [-0.2, -0.15) is 0 Å². The molecule has 0 aliphatic heterocycles. The Morgan fingerprint density at radius 1 is 0.774 bits per heavy atom. The van der Waals surface area contributed by atoms with Crippen LogP contribution in [-0.4, -0.2) is 10.9 Å². The summed E-state index contributed by atoms with van der Waals surface area (Å²) >= 11 is 11.9. The Morgan fingerprint density at radius 2 is 1.45 bits per heavy atom. The standard InChI is InChI=1S/C24H14Cl2N2O3/c25-16-5-1-14(2-6-16)20-11-12-22(30-20)23(29)27-18-9-10-21-19(13-18)28-24(31-21)15-3-7-17(26)8-4-15/h1-13H,(H,27,29). The van der Waals surface area contributed by atoms with Gasteiger partial charge in [0.15, 0.2) is 11.3 Å². The van der Waals surface area contributed by atoms with E-state index in [9.17, 15) is 4.79 Å². The minimum absolute atomic E-state index is 0.201. The maximum absolute atomic E-state index is 12.6. The van der Waals surface area contributed by atoms with E-state index in [0.29, 0.717) is 38.5 Å². The molecule has 0 saturated heterocycles. The Hall–Kier alpha value is -3.54. The summed E-state index contributed by atoms with van der Waals surface area (Å²) < 4.78 is 11.5. The van der Waals surface area contributed by atoms with E-state index in [1.807, 2.05) is 24.3 Å². The van der Waals surface area contributed by atoms with Gasteiger partial charge in [-0.25, -0.2) is 4.98 Å². The molecule has 0 unspecified atom stereocenters. The van der Waals surface area contributed by atoms with Crippen LogP contribution in [0, 0.1) is 0 Å². The molecule has 152 valence electrons. The maximum Gasteiger partial charge on any atom is 0.291 e. The molecule has 0 fully saturated rings. The average molecular weight is 449 g/mol. The van der Waals surface area contributed by atoms with Crippen LogP contribution < -0.4 is 5.32 Å². The number of oxazole rings is 1. The van der Waals surface area contributed by atoms with Crippen LogP contribution in [0.25, 0.3) is 33.9 Å². The topological polar surface area (TPSA) is 68.3 Å². The van der Waals surface area contributed by atoms with Crippen molar-refractivity contribution in [3.05, 3.63) is 94.7 Å². The minimum atomic E-state index is -0.360. The molecule has 0 aliphatic rings. The Labute approximate surface area is 187 Å². The molecule has 0 atom stereocenters. The number of amides is 1. The van der Waals surface area contributed by atoms with E-state index in [2.05, 4.69) is 10.3 Å². The van der Waals surface area contributed by atoms with E-state index < -0.39 is 0 Å². The Kier molecular flexibility index (Phi) is 4.98. The molecular weight excluding hydrogens is 435 g/mol. The lowest BCUT2D eigenvalue weighted by Crippen LogP contribution is -2.10. The molecule has 1 N–H and O–H groups in total. The highest BCUT2D eigenvalue weighted by Gasteiger charge is 2.14. The molecule has 0 radical (unpaired) electrons. The first-order valence-electron chi connectivity index (χ1n) is 9.39. The van der Waals surface area contributed by atoms with Crippen molar-refractivity contribution >= 4 is 45.9 Å². The monoisotopic (exact) mass is 448 g/mol. The fraction of sp³-hybridized carbons (Fsp3) is 0. The highest BCUT2D eigenvalue weighted by atomic mass is 35.5. The van der Waals surface area contributed by atoms with Gasteiger partial charge in [0, 0.05) is 26.9 Å². The van der Waals surface area contributed by atoms with Gasteiger partial charge >= 0.3 is 0 Å². The van der Waals surface area contributed by atoms with Crippen molar-refractivity contribution in [1.29, 1.82) is 0 Å². The molecule has 7 heteroatoms. The second-order valence-electron chi connectivity index (χ2n) is 6.83. The maximum atomic E-state index is 12.6. The smallest absolute Gasteiger partial charge is 0.291 e. The Bertz CT molecular complexity index is 1390. The molecule has 0 spiro atoms. The average Bonchev–Trinajstić information content (AvgIpc) is 3.42. The molecule has 0 bridgehead atoms. The van der Waals surface area contributed by atoms with E-state index in [1.54, 1.807) is 54.6 Å². The van der Waals surface area contributed by atoms with Crippen LogP contribution in [0.4, 0.5) is 5.69 Å². The second kappa shape index (κ2) is 7.95. The first-order chi connectivity index (χ1) is 15.0. The van der Waals surface area contributed by atoms with Crippen LogP contribution in [-0.2, 0) is 0 Å². The third-order valence-corrected chi connectivity index (χ3v) is 5.20. The molecule has 0 aliphatic carbocycles. The molecule has 2 heterocycles. The summed E-state index contributed by atoms with van der Waals surface area (Å²) in [5.41, 5.74) is 3.48. The van der Waals surface area contributed by atoms with Crippen LogP contribution in [0.5, 0.6) is 0 Å². The predicted octanol–water partition coefficient (Wildman–Crippen LogP) is 7.31. The van der Waals surface area contributed by atoms with Gasteiger partial charge in [-0.05, 0) is 78.9 Å². The summed E-state index contributed by atoms with van der Waals surface area (Å²) in [5.74, 6) is 0.906. The number of carbonyl (C=O) groups excluding carboxylic acids is 1. The van der Waals surface area contributed by atoms with Crippen LogP contribution in [0.1, 0.15) is 10.6 Å². The van der Waals surface area contributed by atoms with Crippen LogP contribution in [0.15, 0.2) is 87.7 Å². The molecule has 5 aromatic rings. The molecule has 5 rings (SSSR count). The van der Waals surface area contributed by atoms with Gasteiger partial charge in [0.05, 0.1) is 0 Å². The van der Waals surface area contributed by atoms with Crippen LogP contribution in [0.3, 0.4) is 0 Å². The third kappa shape index (κ3) is 4.06. The Morgan fingerprint density at radius 3 is 2.16 bits per heavy atom. The van der Waals surface area contributed by atoms with Gasteiger partial charge in [-0.1, -0.05) is 23.2 Å². The SMILES string of the molecule is O=C(Nc1ccc2oc(-c3ccc(Cl)cc3)nc2c1)c1ccc(-c2ccc(Cl)cc2)o1. The Balaban J connectivity index is 1.36. The van der Waals surface area contributed by atoms with E-state index in [0.717, 1.165) is 11.1 Å². The van der Waals surface area contributed by atoms with E-state index >= 15 is 0 Å². The summed E-state index contributed by atoms with van der Waals surface area (Å²) in [4.78, 5) is 17.1. The van der Waals surface area contributed by atoms with Crippen molar-refractivity contribution in [2.24, 2.45) is 0 Å². The number of halogens is 2. The van der Waals surface area contributed by atoms with Crippen molar-refractivity contribution in [3.63, 3.8) is 0 Å². The van der Waals surface area contributed by atoms with E-state index in [-0.39, 0.29) is 11.7 Å². The number of hydrogen-bond donors (Lipinski definition) is 1. The van der Waals surface area contributed by atoms with E-state index in [4.69, 9.17) is 32.0 Å². The van der Waals surface area contributed by atoms with Gasteiger partial charge in [-0.15, -0.1) is 0 Å². The lowest BCUT2D eigenvalue weighted by molar-refractivity contribution is 0.0997. The van der Waals surface area contributed by atoms with Crippen molar-refractivity contribution < 1.29 is 13.6 Å². The highest BCUT2D eigenvalue weighted by Crippen LogP contribution is 2.28. The largest absolute Gasteiger partial charge is 0.451 e. The molecule has 0 saturated carbocycles. The molecular formula is C24H14Cl2N2O3. The quantitative estimate of drug-likeness (QED) is 0.312. The van der Waals surface area contributed by atoms with Gasteiger partial charge < -0.3 is 14.2 Å². The zero-order chi connectivity index (χ0) is 21.4. The zero-order valence-corrected chi connectivity index (χ0v) is 17.4. The number of nitrogens with one attached hydrogen (secondary N) is 1. The summed E-state index contributed by atoms with van der Waals surface area (Å²) in [6, 6.07) is 23.1. The van der Waals surface area contributed by atoms with Crippen LogP contribution >= 0.6 is 23.2 Å². The number of carbonyl (C=O) groups is 1. The summed E-state index contributed by atoms with van der Waals surface area (Å²) in [6.07, 6.45) is 0. The number of rotatable bonds is 4. The molecule has 1 amide bonds. The third-order valence-electron chi connectivity index (χ3n) is 4.70. The van der Waals surface area contributed by atoms with Crippen molar-refractivity contribution in [3.8, 4) is 22.8 Å². The van der Waals surface area contributed by atoms with Crippen molar-refractivity contribution in [1.82, 2.24) is 4.98 Å². The van der Waals surface area contributed by atoms with Gasteiger partial charge in [0.25, 0.3) is 5.91 Å². The lowest BCUT2D eigenvalue weighted by atomic mass is 10.2. The van der Waals surface area contributed by atoms with Crippen molar-refractivity contribution in [2.45, 2.75) is 0 Å². The first-order valence-corrected chi connectivity index (χ1v) is 10.1. The number of nitrogens with zero attached hydrogens (tertiary/aromatic N) is 1. The van der Waals surface area contributed by atoms with Gasteiger partial charge in [0.2, 0.25) is 5.89 Å². The number of furan rings is 1. The fourth-order valence-corrected chi connectivity index (χ4v) is 3.40. The van der Waals surface area contributed by atoms with Gasteiger partial charge in [-0.3, -0.25) is 4.79 Å². The summed E-state index contributed by atoms with van der Waals surface area (Å²) in [6.45, 7) is 0. The predicted molar refractivity (Wildman–Crippen MR) is 122 cm³/mol. The second-order valence-corrected chi connectivity index (χ2v) is 7.71. The fourth-order valence-electron chi connectivity index (χ4n) is 3.14. The lowest BCUT2D eigenvalue weighted by Gasteiger charge is -2.02. The highest BCUT2D eigenvalue weighted by molar-refractivity contribution is 6.30. The number of hydrogen-bond acceptors (Lipinski definition) is 4. The van der Waals surface area contributed by atoms with Gasteiger partial charge in [0.1, 0.15) is 11.3 Å². The number of benzene rings is 3. The normalized spacial score (nSPS) is 11.0. The summed E-state index contributed by atoms with van der Waals surface area (Å²) in [7, 11) is 0. The van der Waals surface area contributed by atoms with E-state index in [1.165, 1.54) is 0 Å². The molecule has 2 aromatic heterocycles. The zero-order valence-electron chi connectivity index (χ0n) is 15.9.